The third kappa shape index (κ3) is 3.76. The van der Waals surface area contributed by atoms with Crippen LogP contribution < -0.4 is 10.0 Å². The molecule has 1 heterocycles. The van der Waals surface area contributed by atoms with Crippen molar-refractivity contribution in [2.45, 2.75) is 30.2 Å². The first-order chi connectivity index (χ1) is 15.4. The van der Waals surface area contributed by atoms with Crippen LogP contribution in [-0.2, 0) is 21.5 Å². The van der Waals surface area contributed by atoms with Crippen molar-refractivity contribution in [1.29, 1.82) is 0 Å². The minimum atomic E-state index is -2.79. The molecule has 4 rings (SSSR count). The van der Waals surface area contributed by atoms with Crippen molar-refractivity contribution in [3.05, 3.63) is 77.3 Å². The molecule has 0 radical (unpaired) electrons. The molecule has 1 aromatic heterocycles. The number of nitrogens with zero attached hydrogens (tertiary/aromatic N) is 1. The van der Waals surface area contributed by atoms with Gasteiger partial charge in [0.15, 0.2) is 5.54 Å². The topological polar surface area (TPSA) is 107 Å². The fourth-order valence-electron chi connectivity index (χ4n) is 4.56. The monoisotopic (exact) mass is 489 g/mol. The standard InChI is InChI=1S/C23H23ClN2O4S2/c24-18-9-7-16(8-10-18)19-11-12-20(31-19)26(32(29)30)23(21(27)28)15-22(23,13-4-14-25)17-5-2-1-3-6-17/h1-3,5-12H,4,13-15,25H2,(H,27,28)(H,29,30)/p-1. The Morgan fingerprint density at radius 3 is 2.44 bits per heavy atom. The van der Waals surface area contributed by atoms with Crippen molar-refractivity contribution in [3.63, 3.8) is 0 Å². The molecule has 1 fully saturated rings. The van der Waals surface area contributed by atoms with Crippen molar-refractivity contribution in [2.24, 2.45) is 5.73 Å². The molecule has 1 aliphatic rings. The molecule has 32 heavy (non-hydrogen) atoms. The van der Waals surface area contributed by atoms with E-state index in [-0.39, 0.29) is 6.42 Å². The number of carboxylic acid groups (broad SMARTS) is 1. The van der Waals surface area contributed by atoms with Gasteiger partial charge in [-0.25, -0.2) is 4.79 Å². The summed E-state index contributed by atoms with van der Waals surface area (Å²) in [7, 11) is 0. The van der Waals surface area contributed by atoms with Crippen LogP contribution in [0.2, 0.25) is 5.02 Å². The second-order valence-electron chi connectivity index (χ2n) is 7.84. The summed E-state index contributed by atoms with van der Waals surface area (Å²) in [6.45, 7) is 0.393. The number of carbonyl (C=O) groups is 1. The summed E-state index contributed by atoms with van der Waals surface area (Å²) in [5.74, 6) is -1.16. The van der Waals surface area contributed by atoms with Crippen LogP contribution in [0.4, 0.5) is 5.00 Å². The number of halogens is 1. The van der Waals surface area contributed by atoms with Crippen molar-refractivity contribution in [3.8, 4) is 10.4 Å². The smallest absolute Gasteiger partial charge is 0.331 e. The summed E-state index contributed by atoms with van der Waals surface area (Å²) in [6.07, 6.45) is 1.24. The van der Waals surface area contributed by atoms with Crippen LogP contribution in [0.1, 0.15) is 24.8 Å². The van der Waals surface area contributed by atoms with E-state index in [0.717, 1.165) is 20.3 Å². The zero-order valence-electron chi connectivity index (χ0n) is 17.1. The Kier molecular flexibility index (Phi) is 6.42. The molecule has 3 atom stereocenters. The van der Waals surface area contributed by atoms with E-state index >= 15 is 0 Å². The van der Waals surface area contributed by atoms with Gasteiger partial charge in [-0.05, 0) is 61.2 Å². The Bertz CT molecular complexity index is 1140. The number of anilines is 1. The quantitative estimate of drug-likeness (QED) is 0.428. The Labute approximate surface area is 198 Å². The molecule has 168 valence electrons. The number of nitrogens with two attached hydrogens (primary N) is 1. The van der Waals surface area contributed by atoms with Gasteiger partial charge in [-0.2, -0.15) is 0 Å². The third-order valence-corrected chi connectivity index (χ3v) is 8.42. The first kappa shape index (κ1) is 22.9. The van der Waals surface area contributed by atoms with Crippen LogP contribution in [0.15, 0.2) is 66.7 Å². The normalized spacial score (nSPS) is 23.0. The molecule has 1 saturated carbocycles. The van der Waals surface area contributed by atoms with E-state index in [2.05, 4.69) is 0 Å². The lowest BCUT2D eigenvalue weighted by Crippen LogP contribution is -2.50. The highest BCUT2D eigenvalue weighted by molar-refractivity contribution is 7.81. The van der Waals surface area contributed by atoms with Gasteiger partial charge >= 0.3 is 5.97 Å². The predicted molar refractivity (Wildman–Crippen MR) is 128 cm³/mol. The molecule has 0 amide bonds. The second kappa shape index (κ2) is 8.96. The number of hydrogen-bond acceptors (Lipinski definition) is 5. The third-order valence-electron chi connectivity index (χ3n) is 6.13. The van der Waals surface area contributed by atoms with Crippen LogP contribution in [0, 0.1) is 0 Å². The van der Waals surface area contributed by atoms with E-state index < -0.39 is 28.2 Å². The van der Waals surface area contributed by atoms with Gasteiger partial charge in [-0.1, -0.05) is 54.1 Å². The van der Waals surface area contributed by atoms with Gasteiger partial charge in [0.1, 0.15) is 5.00 Å². The maximum absolute atomic E-state index is 12.7. The van der Waals surface area contributed by atoms with Crippen molar-refractivity contribution in [1.82, 2.24) is 0 Å². The van der Waals surface area contributed by atoms with Gasteiger partial charge in [0.2, 0.25) is 0 Å². The Morgan fingerprint density at radius 1 is 1.16 bits per heavy atom. The molecular formula is C23H22ClN2O4S2-. The van der Waals surface area contributed by atoms with E-state index in [0.29, 0.717) is 29.4 Å². The minimum Gasteiger partial charge on any atom is -0.755 e. The number of thiophene rings is 1. The molecule has 2 aromatic carbocycles. The van der Waals surface area contributed by atoms with Crippen molar-refractivity contribution in [2.75, 3.05) is 10.8 Å². The molecule has 9 heteroatoms. The molecule has 3 aromatic rings. The van der Waals surface area contributed by atoms with E-state index in [1.54, 1.807) is 24.3 Å². The fourth-order valence-corrected chi connectivity index (χ4v) is 6.75. The van der Waals surface area contributed by atoms with Gasteiger partial charge in [0.25, 0.3) is 0 Å². The SMILES string of the molecule is NCCCC1(c2ccccc2)CC1(C(=O)O)N(c1ccc(-c2ccc(Cl)cc2)s1)S(=O)[O-]. The number of hydrogen-bond donors (Lipinski definition) is 2. The zero-order valence-corrected chi connectivity index (χ0v) is 19.5. The summed E-state index contributed by atoms with van der Waals surface area (Å²) in [5.41, 5.74) is 4.95. The lowest BCUT2D eigenvalue weighted by atomic mass is 9.86. The van der Waals surface area contributed by atoms with Crippen LogP contribution in [0.25, 0.3) is 10.4 Å². The van der Waals surface area contributed by atoms with Crippen molar-refractivity contribution < 1.29 is 18.7 Å². The molecule has 0 spiro atoms. The van der Waals surface area contributed by atoms with Gasteiger partial charge < -0.3 is 15.4 Å². The molecule has 3 unspecified atom stereocenters. The molecule has 1 aliphatic carbocycles. The molecule has 3 N–H and O–H groups in total. The van der Waals surface area contributed by atoms with E-state index in [1.165, 1.54) is 11.3 Å². The van der Waals surface area contributed by atoms with E-state index in [9.17, 15) is 18.7 Å². The minimum absolute atomic E-state index is 0.182. The Balaban J connectivity index is 1.80. The zero-order chi connectivity index (χ0) is 22.9. The summed E-state index contributed by atoms with van der Waals surface area (Å²) in [6, 6.07) is 19.9. The number of carboxylic acids is 1. The maximum atomic E-state index is 12.7. The first-order valence-corrected chi connectivity index (χ1v) is 12.3. The first-order valence-electron chi connectivity index (χ1n) is 10.1. The Hall–Kier alpha value is -2.23. The average molecular weight is 490 g/mol. The van der Waals surface area contributed by atoms with E-state index in [1.807, 2.05) is 42.5 Å². The molecule has 0 aliphatic heterocycles. The van der Waals surface area contributed by atoms with E-state index in [4.69, 9.17) is 17.3 Å². The summed E-state index contributed by atoms with van der Waals surface area (Å²) in [5, 5.41) is 11.3. The lowest BCUT2D eigenvalue weighted by Gasteiger charge is -2.35. The number of rotatable bonds is 9. The summed E-state index contributed by atoms with van der Waals surface area (Å²) >= 11 is 4.41. The average Bonchev–Trinajstić information content (AvgIpc) is 3.22. The largest absolute Gasteiger partial charge is 0.755 e. The predicted octanol–water partition coefficient (Wildman–Crippen LogP) is 4.57. The van der Waals surface area contributed by atoms with Crippen LogP contribution in [0.3, 0.4) is 0 Å². The van der Waals surface area contributed by atoms with Crippen LogP contribution >= 0.6 is 22.9 Å². The summed E-state index contributed by atoms with van der Waals surface area (Å²) < 4.78 is 26.0. The fraction of sp³-hybridized carbons (Fsp3) is 0.261. The van der Waals surface area contributed by atoms with Gasteiger partial charge in [-0.3, -0.25) is 8.51 Å². The number of aliphatic carboxylic acids is 1. The highest BCUT2D eigenvalue weighted by Crippen LogP contribution is 2.65. The van der Waals surface area contributed by atoms with Crippen molar-refractivity contribution >= 4 is 45.2 Å². The van der Waals surface area contributed by atoms with Gasteiger partial charge in [0.05, 0.1) is 0 Å². The highest BCUT2D eigenvalue weighted by Gasteiger charge is 2.76. The second-order valence-corrected chi connectivity index (χ2v) is 10.1. The number of benzene rings is 2. The molecule has 0 bridgehead atoms. The van der Waals surface area contributed by atoms with Gasteiger partial charge in [-0.15, -0.1) is 11.3 Å². The maximum Gasteiger partial charge on any atom is 0.331 e. The van der Waals surface area contributed by atoms with Gasteiger partial charge in [0, 0.05) is 26.6 Å². The van der Waals surface area contributed by atoms with Crippen LogP contribution in [0.5, 0.6) is 0 Å². The van der Waals surface area contributed by atoms with Crippen LogP contribution in [-0.4, -0.2) is 31.9 Å². The Morgan fingerprint density at radius 2 is 1.84 bits per heavy atom. The summed E-state index contributed by atoms with van der Waals surface area (Å²) in [4.78, 5) is 13.5. The molecule has 0 saturated heterocycles. The molecular weight excluding hydrogens is 468 g/mol. The lowest BCUT2D eigenvalue weighted by molar-refractivity contribution is -0.140. The highest BCUT2D eigenvalue weighted by atomic mass is 35.5. The molecule has 6 nitrogen and oxygen atoms in total.